The number of aryl methyl sites for hydroxylation is 1. The van der Waals surface area contributed by atoms with E-state index < -0.39 is 0 Å². The summed E-state index contributed by atoms with van der Waals surface area (Å²) in [7, 11) is 3.11. The number of methoxy groups -OCH3 is 2. The fraction of sp³-hybridized carbons (Fsp3) is 0.235. The Morgan fingerprint density at radius 2 is 1.74 bits per heavy atom. The molecule has 0 aliphatic carbocycles. The van der Waals surface area contributed by atoms with Gasteiger partial charge in [-0.25, -0.2) is 0 Å². The average molecular weight is 380 g/mol. The summed E-state index contributed by atoms with van der Waals surface area (Å²) in [5.74, 6) is 1.55. The third kappa shape index (κ3) is 4.89. The number of nitrogens with one attached hydrogen (secondary N) is 1. The van der Waals surface area contributed by atoms with Crippen LogP contribution in [-0.4, -0.2) is 26.7 Å². The van der Waals surface area contributed by atoms with Crippen molar-refractivity contribution in [1.29, 1.82) is 0 Å². The van der Waals surface area contributed by atoms with Gasteiger partial charge in [0, 0.05) is 23.9 Å². The number of carbonyl (C=O) groups is 1. The summed E-state index contributed by atoms with van der Waals surface area (Å²) >= 11 is 3.41. The molecule has 0 unspecified atom stereocenters. The van der Waals surface area contributed by atoms with E-state index in [2.05, 4.69) is 21.2 Å². The van der Waals surface area contributed by atoms with Crippen molar-refractivity contribution < 1.29 is 19.0 Å². The van der Waals surface area contributed by atoms with Crippen LogP contribution in [0.15, 0.2) is 40.9 Å². The first kappa shape index (κ1) is 17.1. The molecule has 0 bridgehead atoms. The summed E-state index contributed by atoms with van der Waals surface area (Å²) in [5, 5.41) is 2.75. The maximum absolute atomic E-state index is 12.0. The molecule has 0 heterocycles. The lowest BCUT2D eigenvalue weighted by Gasteiger charge is -2.11. The summed E-state index contributed by atoms with van der Waals surface area (Å²) < 4.78 is 16.7. The van der Waals surface area contributed by atoms with E-state index in [1.54, 1.807) is 32.4 Å². The predicted molar refractivity (Wildman–Crippen MR) is 92.5 cm³/mol. The Morgan fingerprint density at radius 3 is 2.30 bits per heavy atom. The molecule has 0 atom stereocenters. The van der Waals surface area contributed by atoms with Crippen molar-refractivity contribution in [2.75, 3.05) is 26.1 Å². The van der Waals surface area contributed by atoms with Crippen molar-refractivity contribution in [3.8, 4) is 17.2 Å². The zero-order chi connectivity index (χ0) is 16.8. The molecule has 5 nitrogen and oxygen atoms in total. The number of ether oxygens (including phenoxy) is 3. The number of halogens is 1. The Hall–Kier alpha value is -2.21. The SMILES string of the molecule is COc1cc(NC(=O)COc2ccc(C)cc2Br)cc(OC)c1. The molecule has 0 aromatic heterocycles. The lowest BCUT2D eigenvalue weighted by molar-refractivity contribution is -0.118. The predicted octanol–water partition coefficient (Wildman–Crippen LogP) is 3.79. The highest BCUT2D eigenvalue weighted by atomic mass is 79.9. The van der Waals surface area contributed by atoms with Gasteiger partial charge in [-0.15, -0.1) is 0 Å². The second kappa shape index (κ2) is 7.87. The van der Waals surface area contributed by atoms with Crippen LogP contribution in [0.25, 0.3) is 0 Å². The van der Waals surface area contributed by atoms with E-state index in [1.165, 1.54) is 0 Å². The van der Waals surface area contributed by atoms with Crippen molar-refractivity contribution in [2.24, 2.45) is 0 Å². The molecule has 2 aromatic carbocycles. The lowest BCUT2D eigenvalue weighted by atomic mass is 10.2. The molecular formula is C17H18BrNO4. The molecule has 23 heavy (non-hydrogen) atoms. The van der Waals surface area contributed by atoms with Gasteiger partial charge in [-0.05, 0) is 40.5 Å². The molecule has 1 amide bonds. The fourth-order valence-corrected chi connectivity index (χ4v) is 2.55. The lowest BCUT2D eigenvalue weighted by Crippen LogP contribution is -2.20. The van der Waals surface area contributed by atoms with Crippen LogP contribution in [0.1, 0.15) is 5.56 Å². The Labute approximate surface area is 143 Å². The molecule has 0 aliphatic heterocycles. The van der Waals surface area contributed by atoms with E-state index in [1.807, 2.05) is 25.1 Å². The minimum Gasteiger partial charge on any atom is -0.497 e. The van der Waals surface area contributed by atoms with Gasteiger partial charge < -0.3 is 19.5 Å². The quantitative estimate of drug-likeness (QED) is 0.829. The van der Waals surface area contributed by atoms with Gasteiger partial charge in [0.15, 0.2) is 6.61 Å². The number of rotatable bonds is 6. The van der Waals surface area contributed by atoms with Crippen LogP contribution >= 0.6 is 15.9 Å². The summed E-state index contributed by atoms with van der Waals surface area (Å²) in [6, 6.07) is 10.8. The maximum atomic E-state index is 12.0. The zero-order valence-corrected chi connectivity index (χ0v) is 14.8. The van der Waals surface area contributed by atoms with Crippen LogP contribution in [0.2, 0.25) is 0 Å². The van der Waals surface area contributed by atoms with E-state index in [0.29, 0.717) is 22.9 Å². The third-order valence-corrected chi connectivity index (χ3v) is 3.70. The number of carbonyl (C=O) groups excluding carboxylic acids is 1. The summed E-state index contributed by atoms with van der Waals surface area (Å²) in [6.45, 7) is 1.89. The van der Waals surface area contributed by atoms with Gasteiger partial charge in [0.1, 0.15) is 17.2 Å². The Bertz CT molecular complexity index is 681. The molecule has 0 radical (unpaired) electrons. The minimum absolute atomic E-state index is 0.0960. The second-order valence-corrected chi connectivity index (χ2v) is 5.73. The summed E-state index contributed by atoms with van der Waals surface area (Å²) in [6.07, 6.45) is 0. The first-order valence-corrected chi connectivity index (χ1v) is 7.73. The van der Waals surface area contributed by atoms with E-state index in [9.17, 15) is 4.79 Å². The highest BCUT2D eigenvalue weighted by molar-refractivity contribution is 9.10. The molecule has 2 aromatic rings. The molecular weight excluding hydrogens is 362 g/mol. The molecule has 122 valence electrons. The molecule has 0 fully saturated rings. The molecule has 2 rings (SSSR count). The third-order valence-electron chi connectivity index (χ3n) is 3.08. The number of benzene rings is 2. The number of anilines is 1. The van der Waals surface area contributed by atoms with Crippen LogP contribution in [0.5, 0.6) is 17.2 Å². The minimum atomic E-state index is -0.271. The van der Waals surface area contributed by atoms with E-state index in [4.69, 9.17) is 14.2 Å². The first-order valence-electron chi connectivity index (χ1n) is 6.93. The van der Waals surface area contributed by atoms with E-state index in [-0.39, 0.29) is 12.5 Å². The molecule has 0 saturated heterocycles. The number of hydrogen-bond donors (Lipinski definition) is 1. The summed E-state index contributed by atoms with van der Waals surface area (Å²) in [4.78, 5) is 12.0. The normalized spacial score (nSPS) is 10.1. The van der Waals surface area contributed by atoms with Gasteiger partial charge >= 0.3 is 0 Å². The largest absolute Gasteiger partial charge is 0.497 e. The summed E-state index contributed by atoms with van der Waals surface area (Å²) in [5.41, 5.74) is 1.69. The number of hydrogen-bond acceptors (Lipinski definition) is 4. The van der Waals surface area contributed by atoms with Crippen LogP contribution < -0.4 is 19.5 Å². The van der Waals surface area contributed by atoms with Crippen molar-refractivity contribution in [1.82, 2.24) is 0 Å². The Balaban J connectivity index is 1.99. The van der Waals surface area contributed by atoms with E-state index in [0.717, 1.165) is 10.0 Å². The van der Waals surface area contributed by atoms with Crippen molar-refractivity contribution in [2.45, 2.75) is 6.92 Å². The first-order chi connectivity index (χ1) is 11.0. The van der Waals surface area contributed by atoms with Gasteiger partial charge in [0.2, 0.25) is 0 Å². The van der Waals surface area contributed by atoms with Gasteiger partial charge in [-0.2, -0.15) is 0 Å². The Morgan fingerprint density at radius 1 is 1.09 bits per heavy atom. The van der Waals surface area contributed by atoms with Gasteiger partial charge in [-0.3, -0.25) is 4.79 Å². The van der Waals surface area contributed by atoms with Gasteiger partial charge in [-0.1, -0.05) is 6.07 Å². The highest BCUT2D eigenvalue weighted by Gasteiger charge is 2.08. The molecule has 0 aliphatic rings. The van der Waals surface area contributed by atoms with Gasteiger partial charge in [0.05, 0.1) is 18.7 Å². The van der Waals surface area contributed by atoms with Crippen molar-refractivity contribution >= 4 is 27.5 Å². The fourth-order valence-electron chi connectivity index (χ4n) is 1.94. The van der Waals surface area contributed by atoms with Gasteiger partial charge in [0.25, 0.3) is 5.91 Å². The standard InChI is InChI=1S/C17H18BrNO4/c1-11-4-5-16(15(18)6-11)23-10-17(20)19-12-7-13(21-2)9-14(8-12)22-3/h4-9H,10H2,1-3H3,(H,19,20). The molecule has 6 heteroatoms. The maximum Gasteiger partial charge on any atom is 0.262 e. The molecule has 0 spiro atoms. The van der Waals surface area contributed by atoms with E-state index >= 15 is 0 Å². The second-order valence-electron chi connectivity index (χ2n) is 4.87. The molecule has 1 N–H and O–H groups in total. The van der Waals surface area contributed by atoms with Crippen LogP contribution in [0.4, 0.5) is 5.69 Å². The highest BCUT2D eigenvalue weighted by Crippen LogP contribution is 2.27. The number of amides is 1. The topological polar surface area (TPSA) is 56.8 Å². The van der Waals surface area contributed by atoms with Crippen LogP contribution in [0.3, 0.4) is 0 Å². The van der Waals surface area contributed by atoms with Crippen molar-refractivity contribution in [3.63, 3.8) is 0 Å². The molecule has 0 saturated carbocycles. The monoisotopic (exact) mass is 379 g/mol. The zero-order valence-electron chi connectivity index (χ0n) is 13.2. The Kier molecular flexibility index (Phi) is 5.87. The smallest absolute Gasteiger partial charge is 0.262 e. The van der Waals surface area contributed by atoms with Crippen molar-refractivity contribution in [3.05, 3.63) is 46.4 Å². The van der Waals surface area contributed by atoms with Crippen LogP contribution in [-0.2, 0) is 4.79 Å². The average Bonchev–Trinajstić information content (AvgIpc) is 2.53. The van der Waals surface area contributed by atoms with Crippen LogP contribution in [0, 0.1) is 6.92 Å².